The summed E-state index contributed by atoms with van der Waals surface area (Å²) in [6.45, 7) is 2.00. The molecule has 2 aromatic carbocycles. The Morgan fingerprint density at radius 2 is 2.00 bits per heavy atom. The van der Waals surface area contributed by atoms with E-state index in [-0.39, 0.29) is 5.56 Å². The zero-order chi connectivity index (χ0) is 19.7. The number of amides is 1. The Labute approximate surface area is 161 Å². The van der Waals surface area contributed by atoms with Gasteiger partial charge in [-0.25, -0.2) is 9.37 Å². The number of methoxy groups -OCH3 is 1. The van der Waals surface area contributed by atoms with Crippen molar-refractivity contribution in [2.45, 2.75) is 6.92 Å². The Hall–Kier alpha value is -3.67. The fourth-order valence-corrected chi connectivity index (χ4v) is 3.08. The lowest BCUT2D eigenvalue weighted by molar-refractivity contribution is 0.102. The maximum atomic E-state index is 13.4. The van der Waals surface area contributed by atoms with Crippen molar-refractivity contribution in [2.24, 2.45) is 0 Å². The second-order valence-corrected chi connectivity index (χ2v) is 6.43. The van der Waals surface area contributed by atoms with Crippen molar-refractivity contribution < 1.29 is 13.9 Å². The van der Waals surface area contributed by atoms with Crippen LogP contribution in [0.4, 0.5) is 10.1 Å². The molecular weight excluding hydrogens is 357 g/mol. The molecule has 2 heterocycles. The number of carbonyl (C=O) groups is 1. The topological polar surface area (TPSA) is 55.6 Å². The largest absolute Gasteiger partial charge is 0.495 e. The molecule has 4 rings (SSSR count). The third-order valence-corrected chi connectivity index (χ3v) is 4.51. The molecule has 0 saturated carbocycles. The predicted molar refractivity (Wildman–Crippen MR) is 106 cm³/mol. The van der Waals surface area contributed by atoms with E-state index >= 15 is 0 Å². The molecule has 2 aromatic heterocycles. The van der Waals surface area contributed by atoms with Gasteiger partial charge in [0.05, 0.1) is 18.5 Å². The number of benzene rings is 2. The highest BCUT2D eigenvalue weighted by Crippen LogP contribution is 2.31. The Kier molecular flexibility index (Phi) is 4.53. The number of hydrogen-bond acceptors (Lipinski definition) is 3. The molecule has 0 fully saturated rings. The molecule has 0 radical (unpaired) electrons. The number of ether oxygens (including phenoxy) is 1. The highest BCUT2D eigenvalue weighted by atomic mass is 19.1. The summed E-state index contributed by atoms with van der Waals surface area (Å²) < 4.78 is 20.7. The van der Waals surface area contributed by atoms with Gasteiger partial charge in [-0.2, -0.15) is 0 Å². The van der Waals surface area contributed by atoms with Gasteiger partial charge in [0, 0.05) is 23.5 Å². The number of hydrogen-bond donors (Lipinski definition) is 1. The number of pyridine rings is 1. The van der Waals surface area contributed by atoms with Gasteiger partial charge in [-0.15, -0.1) is 0 Å². The van der Waals surface area contributed by atoms with Crippen LogP contribution in [0, 0.1) is 12.7 Å². The molecule has 140 valence electrons. The Morgan fingerprint density at radius 3 is 2.75 bits per heavy atom. The Bertz CT molecular complexity index is 1180. The average molecular weight is 375 g/mol. The molecule has 0 atom stereocenters. The van der Waals surface area contributed by atoms with E-state index in [0.717, 1.165) is 22.5 Å². The van der Waals surface area contributed by atoms with Crippen molar-refractivity contribution in [1.29, 1.82) is 0 Å². The molecular formula is C22H18FN3O2. The van der Waals surface area contributed by atoms with Crippen LogP contribution in [0.25, 0.3) is 16.9 Å². The summed E-state index contributed by atoms with van der Waals surface area (Å²) in [6, 6.07) is 15.0. The zero-order valence-electron chi connectivity index (χ0n) is 15.4. The molecule has 6 heteroatoms. The minimum atomic E-state index is -0.464. The molecule has 0 aliphatic carbocycles. The maximum absolute atomic E-state index is 13.4. The minimum absolute atomic E-state index is 0.232. The van der Waals surface area contributed by atoms with Gasteiger partial charge >= 0.3 is 0 Å². The standard InChI is InChI=1S/C22H18FN3O2/c1-14-5-4-10-26-13-19(24-21(14)26)15-8-9-20(28-2)18(12-15)25-22(27)16-6-3-7-17(23)11-16/h3-13H,1-2H3,(H,25,27). The van der Waals surface area contributed by atoms with Crippen molar-refractivity contribution in [2.75, 3.05) is 12.4 Å². The van der Waals surface area contributed by atoms with Gasteiger partial charge in [0.2, 0.25) is 0 Å². The zero-order valence-corrected chi connectivity index (χ0v) is 15.4. The lowest BCUT2D eigenvalue weighted by Gasteiger charge is -2.11. The van der Waals surface area contributed by atoms with Crippen molar-refractivity contribution in [3.8, 4) is 17.0 Å². The van der Waals surface area contributed by atoms with Gasteiger partial charge in [0.25, 0.3) is 5.91 Å². The number of aryl methyl sites for hydroxylation is 1. The number of fused-ring (bicyclic) bond motifs is 1. The van der Waals surface area contributed by atoms with Crippen molar-refractivity contribution in [1.82, 2.24) is 9.38 Å². The first kappa shape index (κ1) is 17.7. The van der Waals surface area contributed by atoms with E-state index in [1.165, 1.54) is 25.3 Å². The van der Waals surface area contributed by atoms with E-state index in [1.54, 1.807) is 18.2 Å². The highest BCUT2D eigenvalue weighted by molar-refractivity contribution is 6.05. The molecule has 0 aliphatic rings. The van der Waals surface area contributed by atoms with E-state index in [4.69, 9.17) is 4.74 Å². The van der Waals surface area contributed by atoms with E-state index < -0.39 is 11.7 Å². The summed E-state index contributed by atoms with van der Waals surface area (Å²) in [5, 5.41) is 2.80. The van der Waals surface area contributed by atoms with Crippen molar-refractivity contribution in [3.05, 3.63) is 83.9 Å². The van der Waals surface area contributed by atoms with Gasteiger partial charge in [0.15, 0.2) is 0 Å². The first-order valence-electron chi connectivity index (χ1n) is 8.75. The van der Waals surface area contributed by atoms with Gasteiger partial charge in [0.1, 0.15) is 17.2 Å². The second kappa shape index (κ2) is 7.15. The SMILES string of the molecule is COc1ccc(-c2cn3cccc(C)c3n2)cc1NC(=O)c1cccc(F)c1. The van der Waals surface area contributed by atoms with Crippen LogP contribution in [0.3, 0.4) is 0 Å². The Morgan fingerprint density at radius 1 is 1.14 bits per heavy atom. The lowest BCUT2D eigenvalue weighted by Crippen LogP contribution is -2.13. The molecule has 0 saturated heterocycles. The van der Waals surface area contributed by atoms with E-state index in [1.807, 2.05) is 41.9 Å². The molecule has 0 unspecified atom stereocenters. The third-order valence-electron chi connectivity index (χ3n) is 4.51. The van der Waals surface area contributed by atoms with Gasteiger partial charge in [-0.05, 0) is 55.0 Å². The van der Waals surface area contributed by atoms with Crippen LogP contribution in [0.2, 0.25) is 0 Å². The first-order valence-corrected chi connectivity index (χ1v) is 8.75. The number of anilines is 1. The number of nitrogens with zero attached hydrogens (tertiary/aromatic N) is 2. The molecule has 0 spiro atoms. The molecule has 0 bridgehead atoms. The second-order valence-electron chi connectivity index (χ2n) is 6.43. The number of aromatic nitrogens is 2. The molecule has 28 heavy (non-hydrogen) atoms. The van der Waals surface area contributed by atoms with Crippen molar-refractivity contribution >= 4 is 17.2 Å². The minimum Gasteiger partial charge on any atom is -0.495 e. The van der Waals surface area contributed by atoms with Gasteiger partial charge in [-0.1, -0.05) is 12.1 Å². The summed E-state index contributed by atoms with van der Waals surface area (Å²) in [7, 11) is 1.53. The number of carbonyl (C=O) groups excluding carboxylic acids is 1. The molecule has 1 N–H and O–H groups in total. The van der Waals surface area contributed by atoms with E-state index in [2.05, 4.69) is 10.3 Å². The van der Waals surface area contributed by atoms with Crippen molar-refractivity contribution in [3.63, 3.8) is 0 Å². The highest BCUT2D eigenvalue weighted by Gasteiger charge is 2.13. The van der Waals surface area contributed by atoms with E-state index in [0.29, 0.717) is 11.4 Å². The van der Waals surface area contributed by atoms with Crippen LogP contribution in [-0.2, 0) is 0 Å². The lowest BCUT2D eigenvalue weighted by atomic mass is 10.1. The Balaban J connectivity index is 1.71. The average Bonchev–Trinajstić information content (AvgIpc) is 3.14. The van der Waals surface area contributed by atoms with Crippen LogP contribution in [0.5, 0.6) is 5.75 Å². The third kappa shape index (κ3) is 3.32. The van der Waals surface area contributed by atoms with Crippen LogP contribution >= 0.6 is 0 Å². The van der Waals surface area contributed by atoms with Gasteiger partial charge < -0.3 is 14.5 Å². The van der Waals surface area contributed by atoms with Crippen LogP contribution in [-0.4, -0.2) is 22.4 Å². The molecule has 1 amide bonds. The molecule has 4 aromatic rings. The predicted octanol–water partition coefficient (Wildman–Crippen LogP) is 4.71. The smallest absolute Gasteiger partial charge is 0.255 e. The summed E-state index contributed by atoms with van der Waals surface area (Å²) in [6.07, 6.45) is 3.87. The maximum Gasteiger partial charge on any atom is 0.255 e. The summed E-state index contributed by atoms with van der Waals surface area (Å²) in [5.74, 6) is -0.373. The van der Waals surface area contributed by atoms with Crippen LogP contribution in [0.15, 0.2) is 67.0 Å². The summed E-state index contributed by atoms with van der Waals surface area (Å²) >= 11 is 0. The monoisotopic (exact) mass is 375 g/mol. The fraction of sp³-hybridized carbons (Fsp3) is 0.0909. The normalized spacial score (nSPS) is 10.8. The number of nitrogens with one attached hydrogen (secondary N) is 1. The van der Waals surface area contributed by atoms with Crippen LogP contribution in [0.1, 0.15) is 15.9 Å². The number of rotatable bonds is 4. The quantitative estimate of drug-likeness (QED) is 0.562. The molecule has 5 nitrogen and oxygen atoms in total. The van der Waals surface area contributed by atoms with E-state index in [9.17, 15) is 9.18 Å². The van der Waals surface area contributed by atoms with Crippen LogP contribution < -0.4 is 10.1 Å². The fourth-order valence-electron chi connectivity index (χ4n) is 3.08. The van der Waals surface area contributed by atoms with Gasteiger partial charge in [-0.3, -0.25) is 4.79 Å². The number of imidazole rings is 1. The summed E-state index contributed by atoms with van der Waals surface area (Å²) in [5.41, 5.74) is 4.27. The summed E-state index contributed by atoms with van der Waals surface area (Å²) in [4.78, 5) is 17.2. The number of halogens is 1. The first-order chi connectivity index (χ1) is 13.5. The molecule has 0 aliphatic heterocycles.